The average Bonchev–Trinajstić information content (AvgIpc) is 2.96. The Morgan fingerprint density at radius 1 is 0.375 bits per heavy atom. The summed E-state index contributed by atoms with van der Waals surface area (Å²) < 4.78 is 0. The molecule has 0 spiro atoms. The van der Waals surface area contributed by atoms with Gasteiger partial charge in [-0.25, -0.2) is 0 Å². The quantitative estimate of drug-likeness (QED) is 0.180. The van der Waals surface area contributed by atoms with Crippen LogP contribution in [0.3, 0.4) is 0 Å². The number of ketones is 2. The maximum atomic E-state index is 13.5. The summed E-state index contributed by atoms with van der Waals surface area (Å²) in [6.45, 7) is 0. The maximum Gasteiger partial charge on any atom is 0.194 e. The summed E-state index contributed by atoms with van der Waals surface area (Å²) in [5.41, 5.74) is 18.0. The highest BCUT2D eigenvalue weighted by atomic mass is 16.1. The fourth-order valence-corrected chi connectivity index (χ4v) is 5.32. The molecule has 0 radical (unpaired) electrons. The molecular weight excluding hydrogens is 496 g/mol. The fraction of sp³-hybridized carbons (Fsp3) is 0. The monoisotopic (exact) mass is 520 g/mol. The molecule has 6 aromatic rings. The molecule has 7 rings (SSSR count). The Labute approximate surface area is 230 Å². The molecule has 0 bridgehead atoms. The normalized spacial score (nSPS) is 12.3. The van der Waals surface area contributed by atoms with Crippen LogP contribution in [-0.2, 0) is 0 Å². The first kappa shape index (κ1) is 23.5. The van der Waals surface area contributed by atoms with Crippen LogP contribution in [0.2, 0.25) is 0 Å². The highest BCUT2D eigenvalue weighted by molar-refractivity contribution is 6.29. The second-order valence-electron chi connectivity index (χ2n) is 10.1. The van der Waals surface area contributed by atoms with Gasteiger partial charge in [-0.1, -0.05) is 24.3 Å². The van der Waals surface area contributed by atoms with Crippen molar-refractivity contribution in [2.45, 2.75) is 0 Å². The highest BCUT2D eigenvalue weighted by Crippen LogP contribution is 2.33. The first-order valence-electron chi connectivity index (χ1n) is 12.9. The highest BCUT2D eigenvalue weighted by Gasteiger charge is 2.30. The van der Waals surface area contributed by atoms with Crippen LogP contribution in [0.1, 0.15) is 31.8 Å². The standard InChI is InChI=1S/C34H24N4O2/c35-23-5-1-21-15-25(7-3-19(21)13-23)37-27-9-11-29-31(17-27)33(39)30-12-10-28(18-32(30)34(29)40)38-26-8-4-20-14-24(36)6-2-22(20)16-26/h1-18,37-38H,35-36H2. The first-order valence-corrected chi connectivity index (χ1v) is 12.9. The minimum Gasteiger partial charge on any atom is -0.399 e. The Balaban J connectivity index is 1.16. The van der Waals surface area contributed by atoms with Crippen molar-refractivity contribution in [3.63, 3.8) is 0 Å². The maximum absolute atomic E-state index is 13.5. The lowest BCUT2D eigenvalue weighted by molar-refractivity contribution is 0.0979. The van der Waals surface area contributed by atoms with Gasteiger partial charge in [-0.2, -0.15) is 0 Å². The molecule has 1 aliphatic carbocycles. The summed E-state index contributed by atoms with van der Waals surface area (Å²) in [6, 6.07) is 34.1. The molecule has 0 saturated heterocycles. The average molecular weight is 521 g/mol. The van der Waals surface area contributed by atoms with Gasteiger partial charge < -0.3 is 22.1 Å². The van der Waals surface area contributed by atoms with E-state index in [0.717, 1.165) is 44.3 Å². The fourth-order valence-electron chi connectivity index (χ4n) is 5.32. The van der Waals surface area contributed by atoms with E-state index in [1.165, 1.54) is 0 Å². The van der Waals surface area contributed by atoms with Crippen molar-refractivity contribution in [2.24, 2.45) is 0 Å². The van der Waals surface area contributed by atoms with E-state index in [1.807, 2.05) is 84.9 Å². The lowest BCUT2D eigenvalue weighted by atomic mass is 9.83. The van der Waals surface area contributed by atoms with Gasteiger partial charge in [0.15, 0.2) is 11.6 Å². The number of nitrogens with two attached hydrogens (primary N) is 2. The van der Waals surface area contributed by atoms with Gasteiger partial charge >= 0.3 is 0 Å². The Morgan fingerprint density at radius 3 is 1.18 bits per heavy atom. The summed E-state index contributed by atoms with van der Waals surface area (Å²) in [7, 11) is 0. The molecule has 0 aliphatic heterocycles. The summed E-state index contributed by atoms with van der Waals surface area (Å²) >= 11 is 0. The molecule has 0 unspecified atom stereocenters. The molecule has 1 aliphatic rings. The smallest absolute Gasteiger partial charge is 0.194 e. The number of hydrogen-bond donors (Lipinski definition) is 4. The van der Waals surface area contributed by atoms with Gasteiger partial charge in [0, 0.05) is 56.4 Å². The first-order chi connectivity index (χ1) is 19.4. The van der Waals surface area contributed by atoms with E-state index in [0.29, 0.717) is 33.6 Å². The predicted octanol–water partition coefficient (Wildman–Crippen LogP) is 7.42. The van der Waals surface area contributed by atoms with E-state index in [9.17, 15) is 9.59 Å². The lowest BCUT2D eigenvalue weighted by Crippen LogP contribution is -2.21. The number of anilines is 6. The van der Waals surface area contributed by atoms with Crippen molar-refractivity contribution < 1.29 is 9.59 Å². The van der Waals surface area contributed by atoms with Crippen LogP contribution in [0.25, 0.3) is 21.5 Å². The number of benzene rings is 6. The van der Waals surface area contributed by atoms with E-state index < -0.39 is 0 Å². The zero-order chi connectivity index (χ0) is 27.4. The van der Waals surface area contributed by atoms with Crippen molar-refractivity contribution in [3.8, 4) is 0 Å². The van der Waals surface area contributed by atoms with Crippen LogP contribution in [-0.4, -0.2) is 11.6 Å². The molecule has 6 heteroatoms. The number of rotatable bonds is 4. The largest absolute Gasteiger partial charge is 0.399 e. The molecule has 6 aromatic carbocycles. The predicted molar refractivity (Wildman–Crippen MR) is 163 cm³/mol. The van der Waals surface area contributed by atoms with E-state index in [2.05, 4.69) is 10.6 Å². The van der Waals surface area contributed by atoms with Gasteiger partial charge in [-0.3, -0.25) is 9.59 Å². The van der Waals surface area contributed by atoms with Crippen LogP contribution < -0.4 is 22.1 Å². The Morgan fingerprint density at radius 2 is 0.725 bits per heavy atom. The Kier molecular flexibility index (Phi) is 5.28. The third kappa shape index (κ3) is 4.08. The van der Waals surface area contributed by atoms with E-state index in [-0.39, 0.29) is 11.6 Å². The van der Waals surface area contributed by atoms with Crippen molar-refractivity contribution >= 4 is 67.2 Å². The molecule has 40 heavy (non-hydrogen) atoms. The van der Waals surface area contributed by atoms with Crippen LogP contribution in [0.4, 0.5) is 34.1 Å². The van der Waals surface area contributed by atoms with E-state index >= 15 is 0 Å². The van der Waals surface area contributed by atoms with Crippen LogP contribution in [0.15, 0.2) is 109 Å². The van der Waals surface area contributed by atoms with Crippen molar-refractivity contribution in [3.05, 3.63) is 131 Å². The van der Waals surface area contributed by atoms with E-state index in [4.69, 9.17) is 11.5 Å². The number of carbonyl (C=O) groups excluding carboxylic acids is 2. The minimum absolute atomic E-state index is 0.169. The zero-order valence-corrected chi connectivity index (χ0v) is 21.4. The molecule has 0 amide bonds. The van der Waals surface area contributed by atoms with Gasteiger partial charge in [0.25, 0.3) is 0 Å². The second-order valence-corrected chi connectivity index (χ2v) is 10.1. The van der Waals surface area contributed by atoms with Gasteiger partial charge in [-0.15, -0.1) is 0 Å². The lowest BCUT2D eigenvalue weighted by Gasteiger charge is -2.20. The Hall–Kier alpha value is -5.62. The van der Waals surface area contributed by atoms with Gasteiger partial charge in [0.05, 0.1) is 0 Å². The van der Waals surface area contributed by atoms with Crippen molar-refractivity contribution in [2.75, 3.05) is 22.1 Å². The number of carbonyl (C=O) groups is 2. The number of fused-ring (bicyclic) bond motifs is 4. The zero-order valence-electron chi connectivity index (χ0n) is 21.4. The summed E-state index contributed by atoms with van der Waals surface area (Å²) in [5, 5.41) is 10.9. The molecule has 0 aromatic heterocycles. The summed E-state index contributed by atoms with van der Waals surface area (Å²) in [5.74, 6) is -0.339. The van der Waals surface area contributed by atoms with Crippen LogP contribution in [0.5, 0.6) is 0 Å². The third-order valence-electron chi connectivity index (χ3n) is 7.32. The molecule has 6 nitrogen and oxygen atoms in total. The number of nitrogen functional groups attached to an aromatic ring is 2. The second kappa shape index (κ2) is 8.99. The number of hydrogen-bond acceptors (Lipinski definition) is 6. The molecule has 0 heterocycles. The minimum atomic E-state index is -0.169. The van der Waals surface area contributed by atoms with Crippen molar-refractivity contribution in [1.29, 1.82) is 0 Å². The van der Waals surface area contributed by atoms with Crippen molar-refractivity contribution in [1.82, 2.24) is 0 Å². The molecule has 6 N–H and O–H groups in total. The molecule has 0 atom stereocenters. The summed E-state index contributed by atoms with van der Waals surface area (Å²) in [4.78, 5) is 27.0. The van der Waals surface area contributed by atoms with Gasteiger partial charge in [0.2, 0.25) is 0 Å². The number of nitrogens with one attached hydrogen (secondary N) is 2. The van der Waals surface area contributed by atoms with Crippen LogP contribution >= 0.6 is 0 Å². The van der Waals surface area contributed by atoms with Gasteiger partial charge in [0.1, 0.15) is 0 Å². The summed E-state index contributed by atoms with van der Waals surface area (Å²) in [6.07, 6.45) is 0. The topological polar surface area (TPSA) is 110 Å². The Bertz CT molecular complexity index is 1880. The van der Waals surface area contributed by atoms with E-state index in [1.54, 1.807) is 24.3 Å². The SMILES string of the molecule is Nc1ccc2cc(Nc3ccc4c(c3)C(=O)c3ccc(Nc5ccc6cc(N)ccc6c5)cc3C4=O)ccc2c1. The third-order valence-corrected chi connectivity index (χ3v) is 7.32. The molecular formula is C34H24N4O2. The van der Waals surface area contributed by atoms with Gasteiger partial charge in [-0.05, 0) is 106 Å². The molecule has 0 saturated carbocycles. The molecule has 0 fully saturated rings. The van der Waals surface area contributed by atoms with Crippen LogP contribution in [0, 0.1) is 0 Å². The molecule has 192 valence electrons.